The summed E-state index contributed by atoms with van der Waals surface area (Å²) >= 11 is 8.18. The fourth-order valence-corrected chi connectivity index (χ4v) is 3.66. The molecule has 0 atom stereocenters. The molecule has 2 N–H and O–H groups in total. The maximum absolute atomic E-state index is 12.2. The standard InChI is InChI=1S/C17H14ClN5O2S2/c18-12-3-5-13(6-4-12)21-15(25)16-22-23-17(27-16)26-10-14(24)20-9-11-2-1-7-19-8-11/h1-8H,9-10H2,(H,20,24)(H,21,25). The number of rotatable bonds is 7. The summed E-state index contributed by atoms with van der Waals surface area (Å²) in [5, 5.41) is 14.1. The molecule has 2 heterocycles. The third-order valence-corrected chi connectivity index (χ3v) is 5.55. The van der Waals surface area contributed by atoms with Gasteiger partial charge < -0.3 is 10.6 Å². The topological polar surface area (TPSA) is 96.9 Å². The van der Waals surface area contributed by atoms with Crippen LogP contribution in [0.3, 0.4) is 0 Å². The number of aromatic nitrogens is 3. The Morgan fingerprint density at radius 2 is 1.96 bits per heavy atom. The number of pyridine rings is 1. The molecule has 7 nitrogen and oxygen atoms in total. The second kappa shape index (κ2) is 9.45. The van der Waals surface area contributed by atoms with Crippen molar-refractivity contribution in [3.05, 3.63) is 64.4 Å². The highest BCUT2D eigenvalue weighted by Crippen LogP contribution is 2.23. The van der Waals surface area contributed by atoms with Gasteiger partial charge in [-0.3, -0.25) is 14.6 Å². The zero-order valence-corrected chi connectivity index (χ0v) is 16.3. The molecule has 0 radical (unpaired) electrons. The van der Waals surface area contributed by atoms with Crippen molar-refractivity contribution in [2.45, 2.75) is 10.9 Å². The van der Waals surface area contributed by atoms with Gasteiger partial charge >= 0.3 is 0 Å². The van der Waals surface area contributed by atoms with Gasteiger partial charge in [0.25, 0.3) is 5.91 Å². The van der Waals surface area contributed by atoms with Crippen LogP contribution in [0.25, 0.3) is 0 Å². The molecule has 10 heteroatoms. The number of thioether (sulfide) groups is 1. The summed E-state index contributed by atoms with van der Waals surface area (Å²) in [6.45, 7) is 0.415. The minimum atomic E-state index is -0.359. The molecule has 0 bridgehead atoms. The predicted molar refractivity (Wildman–Crippen MR) is 106 cm³/mol. The zero-order chi connectivity index (χ0) is 19.1. The Kier molecular flexibility index (Phi) is 6.74. The van der Waals surface area contributed by atoms with Crippen LogP contribution in [-0.4, -0.2) is 32.7 Å². The summed E-state index contributed by atoms with van der Waals surface area (Å²) in [6.07, 6.45) is 3.38. The van der Waals surface area contributed by atoms with Crippen LogP contribution >= 0.6 is 34.7 Å². The van der Waals surface area contributed by atoms with Crippen LogP contribution < -0.4 is 10.6 Å². The summed E-state index contributed by atoms with van der Waals surface area (Å²) in [5.74, 6) is -0.304. The number of nitrogens with zero attached hydrogens (tertiary/aromatic N) is 3. The Balaban J connectivity index is 1.46. The van der Waals surface area contributed by atoms with Crippen molar-refractivity contribution in [1.29, 1.82) is 0 Å². The molecular formula is C17H14ClN5O2S2. The number of carbonyl (C=O) groups is 2. The lowest BCUT2D eigenvalue weighted by atomic mass is 10.3. The molecule has 3 aromatic rings. The van der Waals surface area contributed by atoms with E-state index in [4.69, 9.17) is 11.6 Å². The van der Waals surface area contributed by atoms with Crippen molar-refractivity contribution in [2.24, 2.45) is 0 Å². The van der Waals surface area contributed by atoms with Gasteiger partial charge in [-0.25, -0.2) is 0 Å². The van der Waals surface area contributed by atoms with E-state index in [-0.39, 0.29) is 22.6 Å². The van der Waals surface area contributed by atoms with E-state index in [0.717, 1.165) is 16.9 Å². The fourth-order valence-electron chi connectivity index (χ4n) is 1.96. The lowest BCUT2D eigenvalue weighted by Crippen LogP contribution is -2.24. The number of carbonyl (C=O) groups excluding carboxylic acids is 2. The Hall–Kier alpha value is -2.49. The molecule has 0 aliphatic carbocycles. The van der Waals surface area contributed by atoms with Crippen molar-refractivity contribution in [3.63, 3.8) is 0 Å². The van der Waals surface area contributed by atoms with E-state index in [1.807, 2.05) is 12.1 Å². The van der Waals surface area contributed by atoms with E-state index in [2.05, 4.69) is 25.8 Å². The van der Waals surface area contributed by atoms with E-state index in [9.17, 15) is 9.59 Å². The monoisotopic (exact) mass is 419 g/mol. The summed E-state index contributed by atoms with van der Waals surface area (Å²) < 4.78 is 0.549. The Morgan fingerprint density at radius 3 is 2.70 bits per heavy atom. The Morgan fingerprint density at radius 1 is 1.15 bits per heavy atom. The average molecular weight is 420 g/mol. The first-order valence-electron chi connectivity index (χ1n) is 7.79. The molecule has 0 saturated carbocycles. The molecule has 0 spiro atoms. The minimum absolute atomic E-state index is 0.133. The van der Waals surface area contributed by atoms with E-state index < -0.39 is 0 Å². The molecule has 2 aromatic heterocycles. The third-order valence-electron chi connectivity index (χ3n) is 3.24. The van der Waals surface area contributed by atoms with Crippen molar-refractivity contribution in [2.75, 3.05) is 11.1 Å². The van der Waals surface area contributed by atoms with Gasteiger partial charge in [0.1, 0.15) is 0 Å². The molecule has 0 aliphatic rings. The molecular weight excluding hydrogens is 406 g/mol. The van der Waals surface area contributed by atoms with E-state index in [1.165, 1.54) is 11.8 Å². The lowest BCUT2D eigenvalue weighted by molar-refractivity contribution is -0.118. The van der Waals surface area contributed by atoms with Crippen LogP contribution in [0.1, 0.15) is 15.4 Å². The van der Waals surface area contributed by atoms with Gasteiger partial charge in [0, 0.05) is 29.6 Å². The normalized spacial score (nSPS) is 10.4. The maximum Gasteiger partial charge on any atom is 0.286 e. The molecule has 2 amide bonds. The van der Waals surface area contributed by atoms with Gasteiger partial charge in [0.05, 0.1) is 5.75 Å². The Labute approximate surface area is 168 Å². The van der Waals surface area contributed by atoms with Gasteiger partial charge in [-0.2, -0.15) is 0 Å². The van der Waals surface area contributed by atoms with Crippen molar-refractivity contribution < 1.29 is 9.59 Å². The number of anilines is 1. The van der Waals surface area contributed by atoms with Crippen molar-refractivity contribution >= 4 is 52.2 Å². The van der Waals surface area contributed by atoms with E-state index in [1.54, 1.807) is 36.7 Å². The second-order valence-electron chi connectivity index (χ2n) is 5.26. The maximum atomic E-state index is 12.2. The third kappa shape index (κ3) is 6.02. The highest BCUT2D eigenvalue weighted by Gasteiger charge is 2.14. The smallest absolute Gasteiger partial charge is 0.286 e. The van der Waals surface area contributed by atoms with E-state index in [0.29, 0.717) is 21.6 Å². The van der Waals surface area contributed by atoms with Gasteiger partial charge in [-0.1, -0.05) is 40.8 Å². The Bertz CT molecular complexity index is 919. The number of hydrogen-bond acceptors (Lipinski definition) is 7. The van der Waals surface area contributed by atoms with Crippen LogP contribution in [0, 0.1) is 0 Å². The van der Waals surface area contributed by atoms with Gasteiger partial charge in [0.15, 0.2) is 4.34 Å². The average Bonchev–Trinajstić information content (AvgIpc) is 3.16. The van der Waals surface area contributed by atoms with Crippen LogP contribution in [-0.2, 0) is 11.3 Å². The lowest BCUT2D eigenvalue weighted by Gasteiger charge is -2.03. The summed E-state index contributed by atoms with van der Waals surface area (Å²) in [5.41, 5.74) is 1.54. The molecule has 1 aromatic carbocycles. The first kappa shape index (κ1) is 19.3. The molecule has 27 heavy (non-hydrogen) atoms. The van der Waals surface area contributed by atoms with Crippen LogP contribution in [0.2, 0.25) is 5.02 Å². The molecule has 138 valence electrons. The van der Waals surface area contributed by atoms with Gasteiger partial charge in [-0.15, -0.1) is 10.2 Å². The second-order valence-corrected chi connectivity index (χ2v) is 7.90. The fraction of sp³-hybridized carbons (Fsp3) is 0.118. The quantitative estimate of drug-likeness (QED) is 0.570. The molecule has 0 fully saturated rings. The van der Waals surface area contributed by atoms with Crippen LogP contribution in [0.5, 0.6) is 0 Å². The largest absolute Gasteiger partial charge is 0.351 e. The molecule has 0 unspecified atom stereocenters. The number of nitrogens with one attached hydrogen (secondary N) is 2. The van der Waals surface area contributed by atoms with Gasteiger partial charge in [0.2, 0.25) is 10.9 Å². The number of halogens is 1. The number of hydrogen-bond donors (Lipinski definition) is 2. The van der Waals surface area contributed by atoms with Crippen LogP contribution in [0.4, 0.5) is 5.69 Å². The first-order chi connectivity index (χ1) is 13.1. The first-order valence-corrected chi connectivity index (χ1v) is 9.97. The molecule has 0 saturated heterocycles. The SMILES string of the molecule is O=C(CSc1nnc(C(=O)Nc2ccc(Cl)cc2)s1)NCc1cccnc1. The van der Waals surface area contributed by atoms with Crippen LogP contribution in [0.15, 0.2) is 53.1 Å². The van der Waals surface area contributed by atoms with Crippen molar-refractivity contribution in [3.8, 4) is 0 Å². The summed E-state index contributed by atoms with van der Waals surface area (Å²) in [6, 6.07) is 10.5. The van der Waals surface area contributed by atoms with Crippen molar-refractivity contribution in [1.82, 2.24) is 20.5 Å². The summed E-state index contributed by atoms with van der Waals surface area (Å²) in [4.78, 5) is 28.1. The number of amides is 2. The van der Waals surface area contributed by atoms with E-state index >= 15 is 0 Å². The highest BCUT2D eigenvalue weighted by molar-refractivity contribution is 8.01. The minimum Gasteiger partial charge on any atom is -0.351 e. The highest BCUT2D eigenvalue weighted by atomic mass is 35.5. The molecule has 3 rings (SSSR count). The summed E-state index contributed by atoms with van der Waals surface area (Å²) in [7, 11) is 0. The zero-order valence-electron chi connectivity index (χ0n) is 13.9. The predicted octanol–water partition coefficient (Wildman–Crippen LogP) is 3.25. The van der Waals surface area contributed by atoms with Gasteiger partial charge in [-0.05, 0) is 35.9 Å². The number of benzene rings is 1. The molecule has 0 aliphatic heterocycles.